The zero-order chi connectivity index (χ0) is 17.0. The molecule has 0 saturated heterocycles. The van der Waals surface area contributed by atoms with Crippen LogP contribution in [0.25, 0.3) is 0 Å². The van der Waals surface area contributed by atoms with Crippen molar-refractivity contribution in [1.82, 2.24) is 4.72 Å². The van der Waals surface area contributed by atoms with Gasteiger partial charge in [-0.1, -0.05) is 0 Å². The van der Waals surface area contributed by atoms with Gasteiger partial charge < -0.3 is 18.9 Å². The minimum atomic E-state index is -3.58. The summed E-state index contributed by atoms with van der Waals surface area (Å²) in [4.78, 5) is 0.173. The molecule has 1 aliphatic heterocycles. The Morgan fingerprint density at radius 1 is 1.04 bits per heavy atom. The van der Waals surface area contributed by atoms with E-state index in [9.17, 15) is 8.42 Å². The number of methoxy groups -OCH3 is 1. The molecule has 0 radical (unpaired) electrons. The number of hydrogen-bond acceptors (Lipinski definition) is 6. The lowest BCUT2D eigenvalue weighted by atomic mass is 10.3. The van der Waals surface area contributed by atoms with Gasteiger partial charge >= 0.3 is 0 Å². The minimum absolute atomic E-state index is 0.142. The van der Waals surface area contributed by atoms with E-state index in [-0.39, 0.29) is 24.8 Å². The first-order chi connectivity index (χ1) is 11.6. The second-order valence-corrected chi connectivity index (χ2v) is 6.70. The van der Waals surface area contributed by atoms with Crippen LogP contribution in [0.5, 0.6) is 23.0 Å². The molecule has 0 spiro atoms. The van der Waals surface area contributed by atoms with E-state index in [1.165, 1.54) is 19.2 Å². The summed E-state index contributed by atoms with van der Waals surface area (Å²) in [6.07, 6.45) is 0. The van der Waals surface area contributed by atoms with E-state index < -0.39 is 10.0 Å². The van der Waals surface area contributed by atoms with Crippen molar-refractivity contribution in [3.05, 3.63) is 42.5 Å². The third-order valence-corrected chi connectivity index (χ3v) is 4.85. The average molecular weight is 351 g/mol. The van der Waals surface area contributed by atoms with Gasteiger partial charge in [0.2, 0.25) is 16.8 Å². The normalized spacial score (nSPS) is 12.9. The van der Waals surface area contributed by atoms with Crippen LogP contribution in [0.3, 0.4) is 0 Å². The highest BCUT2D eigenvalue weighted by Crippen LogP contribution is 2.34. The van der Waals surface area contributed by atoms with Gasteiger partial charge in [-0.05, 0) is 36.4 Å². The topological polar surface area (TPSA) is 83.1 Å². The summed E-state index contributed by atoms with van der Waals surface area (Å²) >= 11 is 0. The van der Waals surface area contributed by atoms with E-state index in [2.05, 4.69) is 4.72 Å². The molecule has 0 amide bonds. The predicted octanol–water partition coefficient (Wildman–Crippen LogP) is 1.78. The van der Waals surface area contributed by atoms with Gasteiger partial charge in [0, 0.05) is 12.6 Å². The lowest BCUT2D eigenvalue weighted by Crippen LogP contribution is -2.28. The SMILES string of the molecule is COc1ccc(S(=O)(=O)NCCOc2ccc3c(c2)OCO3)cc1. The molecule has 1 aliphatic rings. The van der Waals surface area contributed by atoms with Gasteiger partial charge in [-0.25, -0.2) is 13.1 Å². The zero-order valence-electron chi connectivity index (χ0n) is 13.0. The van der Waals surface area contributed by atoms with Crippen molar-refractivity contribution in [3.63, 3.8) is 0 Å². The van der Waals surface area contributed by atoms with Crippen LogP contribution in [-0.2, 0) is 10.0 Å². The Balaban J connectivity index is 1.51. The molecule has 2 aromatic carbocycles. The smallest absolute Gasteiger partial charge is 0.240 e. The maximum absolute atomic E-state index is 12.2. The van der Waals surface area contributed by atoms with E-state index in [0.29, 0.717) is 23.0 Å². The van der Waals surface area contributed by atoms with Crippen LogP contribution >= 0.6 is 0 Å². The second-order valence-electron chi connectivity index (χ2n) is 4.94. The molecule has 0 aliphatic carbocycles. The van der Waals surface area contributed by atoms with E-state index >= 15 is 0 Å². The average Bonchev–Trinajstić information content (AvgIpc) is 3.06. The quantitative estimate of drug-likeness (QED) is 0.766. The highest BCUT2D eigenvalue weighted by Gasteiger charge is 2.15. The van der Waals surface area contributed by atoms with Crippen LogP contribution in [0, 0.1) is 0 Å². The largest absolute Gasteiger partial charge is 0.497 e. The standard InChI is InChI=1S/C16H17NO6S/c1-20-12-2-5-14(6-3-12)24(18,19)17-8-9-21-13-4-7-15-16(10-13)23-11-22-15/h2-7,10,17H,8-9,11H2,1H3. The molecule has 1 N–H and O–H groups in total. The Kier molecular flexibility index (Phi) is 4.77. The van der Waals surface area contributed by atoms with Crippen LogP contribution < -0.4 is 23.7 Å². The van der Waals surface area contributed by atoms with Crippen LogP contribution in [0.4, 0.5) is 0 Å². The molecule has 0 bridgehead atoms. The van der Waals surface area contributed by atoms with Gasteiger partial charge in [0.25, 0.3) is 0 Å². The number of hydrogen-bond donors (Lipinski definition) is 1. The second kappa shape index (κ2) is 6.98. The maximum atomic E-state index is 12.2. The van der Waals surface area contributed by atoms with Crippen LogP contribution in [-0.4, -0.2) is 35.5 Å². The first-order valence-electron chi connectivity index (χ1n) is 7.25. The van der Waals surface area contributed by atoms with Crippen LogP contribution in [0.1, 0.15) is 0 Å². The summed E-state index contributed by atoms with van der Waals surface area (Å²) in [5.74, 6) is 2.47. The molecule has 128 valence electrons. The van der Waals surface area contributed by atoms with E-state index in [1.54, 1.807) is 30.3 Å². The molecule has 7 nitrogen and oxygen atoms in total. The molecule has 0 unspecified atom stereocenters. The number of ether oxygens (including phenoxy) is 4. The number of sulfonamides is 1. The van der Waals surface area contributed by atoms with Gasteiger partial charge in [-0.3, -0.25) is 0 Å². The number of rotatable bonds is 7. The molecule has 1 heterocycles. The van der Waals surface area contributed by atoms with Crippen molar-refractivity contribution >= 4 is 10.0 Å². The Bertz CT molecular complexity index is 804. The third-order valence-electron chi connectivity index (χ3n) is 3.38. The highest BCUT2D eigenvalue weighted by atomic mass is 32.2. The van der Waals surface area contributed by atoms with Gasteiger partial charge in [-0.2, -0.15) is 0 Å². The lowest BCUT2D eigenvalue weighted by Gasteiger charge is -2.09. The summed E-state index contributed by atoms with van der Waals surface area (Å²) < 4.78 is 47.8. The summed E-state index contributed by atoms with van der Waals surface area (Å²) in [7, 11) is -2.06. The molecule has 24 heavy (non-hydrogen) atoms. The fourth-order valence-corrected chi connectivity index (χ4v) is 3.16. The molecule has 0 fully saturated rings. The first kappa shape index (κ1) is 16.4. The van der Waals surface area contributed by atoms with Gasteiger partial charge in [-0.15, -0.1) is 0 Å². The van der Waals surface area contributed by atoms with Crippen molar-refractivity contribution in [2.24, 2.45) is 0 Å². The third kappa shape index (κ3) is 3.72. The monoisotopic (exact) mass is 351 g/mol. The molecular formula is C16H17NO6S. The number of fused-ring (bicyclic) bond motifs is 1. The summed E-state index contributed by atoms with van der Waals surface area (Å²) in [5.41, 5.74) is 0. The molecule has 0 saturated carbocycles. The number of benzene rings is 2. The predicted molar refractivity (Wildman–Crippen MR) is 86.2 cm³/mol. The molecular weight excluding hydrogens is 334 g/mol. The lowest BCUT2D eigenvalue weighted by molar-refractivity contribution is 0.173. The Morgan fingerprint density at radius 2 is 1.75 bits per heavy atom. The molecule has 0 atom stereocenters. The summed E-state index contributed by atoms with van der Waals surface area (Å²) in [6, 6.07) is 11.4. The van der Waals surface area contributed by atoms with Crippen molar-refractivity contribution in [3.8, 4) is 23.0 Å². The highest BCUT2D eigenvalue weighted by molar-refractivity contribution is 7.89. The van der Waals surface area contributed by atoms with Crippen molar-refractivity contribution in [2.45, 2.75) is 4.90 Å². The Morgan fingerprint density at radius 3 is 2.50 bits per heavy atom. The summed E-state index contributed by atoms with van der Waals surface area (Å²) in [5, 5.41) is 0. The van der Waals surface area contributed by atoms with Crippen molar-refractivity contribution < 1.29 is 27.4 Å². The summed E-state index contributed by atoms with van der Waals surface area (Å²) in [6.45, 7) is 0.526. The van der Waals surface area contributed by atoms with E-state index in [4.69, 9.17) is 18.9 Å². The van der Waals surface area contributed by atoms with E-state index in [1.807, 2.05) is 0 Å². The van der Waals surface area contributed by atoms with Gasteiger partial charge in [0.1, 0.15) is 18.1 Å². The fourth-order valence-electron chi connectivity index (χ4n) is 2.15. The van der Waals surface area contributed by atoms with Gasteiger partial charge in [0.05, 0.1) is 12.0 Å². The minimum Gasteiger partial charge on any atom is -0.497 e. The first-order valence-corrected chi connectivity index (χ1v) is 8.73. The van der Waals surface area contributed by atoms with Crippen molar-refractivity contribution in [1.29, 1.82) is 0 Å². The Labute approximate surface area is 140 Å². The zero-order valence-corrected chi connectivity index (χ0v) is 13.8. The molecule has 3 rings (SSSR count). The van der Waals surface area contributed by atoms with Crippen molar-refractivity contribution in [2.75, 3.05) is 27.1 Å². The molecule has 8 heteroatoms. The Hall–Kier alpha value is -2.45. The fraction of sp³-hybridized carbons (Fsp3) is 0.250. The van der Waals surface area contributed by atoms with Gasteiger partial charge in [0.15, 0.2) is 11.5 Å². The van der Waals surface area contributed by atoms with E-state index in [0.717, 1.165) is 0 Å². The maximum Gasteiger partial charge on any atom is 0.240 e. The molecule has 0 aromatic heterocycles. The van der Waals surface area contributed by atoms with Crippen LogP contribution in [0.2, 0.25) is 0 Å². The number of nitrogens with one attached hydrogen (secondary N) is 1. The molecule has 2 aromatic rings. The van der Waals surface area contributed by atoms with Crippen LogP contribution in [0.15, 0.2) is 47.4 Å².